The molecule has 0 heterocycles. The van der Waals surface area contributed by atoms with Crippen molar-refractivity contribution >= 4 is 27.5 Å². The standard InChI is InChI=1S/C16H17BrClN/c1-2-16(13-5-9-15(18)10-6-13)19-11-12-3-7-14(17)8-4-12/h3-10,16,19H,2,11H2,1H3. The molecule has 1 atom stereocenters. The molecule has 1 nitrogen and oxygen atoms in total. The van der Waals surface area contributed by atoms with E-state index in [-0.39, 0.29) is 0 Å². The summed E-state index contributed by atoms with van der Waals surface area (Å²) in [6, 6.07) is 16.8. The summed E-state index contributed by atoms with van der Waals surface area (Å²) < 4.78 is 1.11. The summed E-state index contributed by atoms with van der Waals surface area (Å²) >= 11 is 9.37. The molecule has 0 aromatic heterocycles. The van der Waals surface area contributed by atoms with E-state index in [0.717, 1.165) is 22.5 Å². The topological polar surface area (TPSA) is 12.0 Å². The van der Waals surface area contributed by atoms with Crippen molar-refractivity contribution in [3.8, 4) is 0 Å². The van der Waals surface area contributed by atoms with E-state index in [1.807, 2.05) is 12.1 Å². The Morgan fingerprint density at radius 3 is 2.26 bits per heavy atom. The van der Waals surface area contributed by atoms with Crippen molar-refractivity contribution in [3.63, 3.8) is 0 Å². The van der Waals surface area contributed by atoms with Gasteiger partial charge in [0.05, 0.1) is 0 Å². The molecule has 1 N–H and O–H groups in total. The van der Waals surface area contributed by atoms with Crippen LogP contribution in [-0.2, 0) is 6.54 Å². The van der Waals surface area contributed by atoms with Gasteiger partial charge in [0, 0.05) is 22.1 Å². The number of hydrogen-bond donors (Lipinski definition) is 1. The average Bonchev–Trinajstić information content (AvgIpc) is 2.43. The fraction of sp³-hybridized carbons (Fsp3) is 0.250. The van der Waals surface area contributed by atoms with E-state index in [4.69, 9.17) is 11.6 Å². The lowest BCUT2D eigenvalue weighted by molar-refractivity contribution is 0.519. The van der Waals surface area contributed by atoms with Crippen molar-refractivity contribution in [2.75, 3.05) is 0 Å². The summed E-state index contributed by atoms with van der Waals surface area (Å²) in [5, 5.41) is 4.37. The molecule has 2 aromatic rings. The van der Waals surface area contributed by atoms with Gasteiger partial charge in [0.25, 0.3) is 0 Å². The molecule has 100 valence electrons. The second kappa shape index (κ2) is 7.09. The molecule has 19 heavy (non-hydrogen) atoms. The van der Waals surface area contributed by atoms with Crippen LogP contribution in [0.1, 0.15) is 30.5 Å². The number of nitrogens with one attached hydrogen (secondary N) is 1. The van der Waals surface area contributed by atoms with Crippen molar-refractivity contribution in [1.82, 2.24) is 5.32 Å². The monoisotopic (exact) mass is 337 g/mol. The maximum absolute atomic E-state index is 5.92. The van der Waals surface area contributed by atoms with Gasteiger partial charge < -0.3 is 5.32 Å². The lowest BCUT2D eigenvalue weighted by atomic mass is 10.0. The lowest BCUT2D eigenvalue weighted by Crippen LogP contribution is -2.20. The predicted octanol–water partition coefficient (Wildman–Crippen LogP) is 5.34. The Morgan fingerprint density at radius 1 is 1.05 bits per heavy atom. The molecule has 0 bridgehead atoms. The highest BCUT2D eigenvalue weighted by Crippen LogP contribution is 2.20. The van der Waals surface area contributed by atoms with Gasteiger partial charge in [-0.25, -0.2) is 0 Å². The van der Waals surface area contributed by atoms with E-state index in [1.165, 1.54) is 11.1 Å². The Balaban J connectivity index is 1.99. The molecule has 0 aliphatic heterocycles. The molecule has 0 aliphatic rings. The summed E-state index contributed by atoms with van der Waals surface area (Å²) in [6.07, 6.45) is 1.05. The van der Waals surface area contributed by atoms with E-state index in [9.17, 15) is 0 Å². The van der Waals surface area contributed by atoms with Gasteiger partial charge in [-0.15, -0.1) is 0 Å². The minimum absolute atomic E-state index is 0.362. The lowest BCUT2D eigenvalue weighted by Gasteiger charge is -2.17. The number of rotatable bonds is 5. The first-order valence-corrected chi connectivity index (χ1v) is 7.59. The molecule has 0 saturated heterocycles. The highest BCUT2D eigenvalue weighted by molar-refractivity contribution is 9.10. The molecule has 0 radical (unpaired) electrons. The van der Waals surface area contributed by atoms with Crippen molar-refractivity contribution < 1.29 is 0 Å². The van der Waals surface area contributed by atoms with E-state index >= 15 is 0 Å². The molecule has 0 amide bonds. The molecular weight excluding hydrogens is 322 g/mol. The van der Waals surface area contributed by atoms with Gasteiger partial charge in [-0.3, -0.25) is 0 Å². The summed E-state index contributed by atoms with van der Waals surface area (Å²) in [7, 11) is 0. The van der Waals surface area contributed by atoms with Crippen LogP contribution in [0.15, 0.2) is 53.0 Å². The van der Waals surface area contributed by atoms with Crippen molar-refractivity contribution in [2.45, 2.75) is 25.9 Å². The second-order valence-electron chi connectivity index (χ2n) is 4.52. The van der Waals surface area contributed by atoms with Crippen molar-refractivity contribution in [1.29, 1.82) is 0 Å². The van der Waals surface area contributed by atoms with Gasteiger partial charge in [-0.05, 0) is 41.8 Å². The van der Waals surface area contributed by atoms with Gasteiger partial charge in [-0.2, -0.15) is 0 Å². The molecule has 0 aliphatic carbocycles. The Bertz CT molecular complexity index is 507. The molecule has 3 heteroatoms. The van der Waals surface area contributed by atoms with E-state index < -0.39 is 0 Å². The Hall–Kier alpha value is -0.830. The fourth-order valence-corrected chi connectivity index (χ4v) is 2.43. The van der Waals surface area contributed by atoms with E-state index in [0.29, 0.717) is 6.04 Å². The number of halogens is 2. The third kappa shape index (κ3) is 4.34. The van der Waals surface area contributed by atoms with Crippen molar-refractivity contribution in [3.05, 3.63) is 69.2 Å². The predicted molar refractivity (Wildman–Crippen MR) is 85.5 cm³/mol. The second-order valence-corrected chi connectivity index (χ2v) is 5.87. The van der Waals surface area contributed by atoms with Crippen LogP contribution in [0.3, 0.4) is 0 Å². The van der Waals surface area contributed by atoms with Crippen LogP contribution >= 0.6 is 27.5 Å². The Kier molecular flexibility index (Phi) is 5.44. The number of hydrogen-bond acceptors (Lipinski definition) is 1. The van der Waals surface area contributed by atoms with Crippen LogP contribution in [0.2, 0.25) is 5.02 Å². The third-order valence-corrected chi connectivity index (χ3v) is 3.93. The molecule has 1 unspecified atom stereocenters. The highest BCUT2D eigenvalue weighted by atomic mass is 79.9. The largest absolute Gasteiger partial charge is 0.306 e. The van der Waals surface area contributed by atoms with Crippen LogP contribution in [0.4, 0.5) is 0 Å². The van der Waals surface area contributed by atoms with Crippen LogP contribution < -0.4 is 5.32 Å². The molecule has 0 fully saturated rings. The third-order valence-electron chi connectivity index (χ3n) is 3.15. The minimum Gasteiger partial charge on any atom is -0.306 e. The van der Waals surface area contributed by atoms with Gasteiger partial charge in [0.15, 0.2) is 0 Å². The van der Waals surface area contributed by atoms with Gasteiger partial charge >= 0.3 is 0 Å². The quantitative estimate of drug-likeness (QED) is 0.775. The smallest absolute Gasteiger partial charge is 0.0406 e. The number of benzene rings is 2. The first-order chi connectivity index (χ1) is 9.19. The Morgan fingerprint density at radius 2 is 1.68 bits per heavy atom. The fourth-order valence-electron chi connectivity index (χ4n) is 2.04. The molecule has 0 spiro atoms. The maximum atomic E-state index is 5.92. The van der Waals surface area contributed by atoms with E-state index in [1.54, 1.807) is 0 Å². The van der Waals surface area contributed by atoms with Crippen LogP contribution in [0.5, 0.6) is 0 Å². The summed E-state index contributed by atoms with van der Waals surface area (Å²) in [5.41, 5.74) is 2.57. The van der Waals surface area contributed by atoms with Crippen molar-refractivity contribution in [2.24, 2.45) is 0 Å². The molecule has 2 rings (SSSR count). The van der Waals surface area contributed by atoms with Gasteiger partial charge in [-0.1, -0.05) is 58.7 Å². The van der Waals surface area contributed by atoms with Crippen LogP contribution in [0.25, 0.3) is 0 Å². The average molecular weight is 339 g/mol. The van der Waals surface area contributed by atoms with Crippen LogP contribution in [0, 0.1) is 0 Å². The maximum Gasteiger partial charge on any atom is 0.0406 e. The normalized spacial score (nSPS) is 12.4. The highest BCUT2D eigenvalue weighted by Gasteiger charge is 2.08. The summed E-state index contributed by atoms with van der Waals surface area (Å²) in [4.78, 5) is 0. The van der Waals surface area contributed by atoms with Crippen LogP contribution in [-0.4, -0.2) is 0 Å². The minimum atomic E-state index is 0.362. The zero-order chi connectivity index (χ0) is 13.7. The van der Waals surface area contributed by atoms with E-state index in [2.05, 4.69) is 64.6 Å². The zero-order valence-corrected chi connectivity index (χ0v) is 13.2. The Labute approximate surface area is 128 Å². The first-order valence-electron chi connectivity index (χ1n) is 6.42. The summed E-state index contributed by atoms with van der Waals surface area (Å²) in [5.74, 6) is 0. The zero-order valence-electron chi connectivity index (χ0n) is 10.9. The first kappa shape index (κ1) is 14.6. The molecule has 2 aromatic carbocycles. The van der Waals surface area contributed by atoms with Gasteiger partial charge in [0.2, 0.25) is 0 Å². The molecule has 0 saturated carbocycles. The van der Waals surface area contributed by atoms with Gasteiger partial charge in [0.1, 0.15) is 0 Å². The SMILES string of the molecule is CCC(NCc1ccc(Br)cc1)c1ccc(Cl)cc1. The molecular formula is C16H17BrClN. The summed E-state index contributed by atoms with van der Waals surface area (Å²) in [6.45, 7) is 3.06.